The molecule has 4 heteroatoms. The van der Waals surface area contributed by atoms with E-state index in [2.05, 4.69) is 0 Å². The molecule has 0 radical (unpaired) electrons. The lowest BCUT2D eigenvalue weighted by atomic mass is 9.84. The van der Waals surface area contributed by atoms with Crippen molar-refractivity contribution in [2.75, 3.05) is 14.2 Å². The van der Waals surface area contributed by atoms with Crippen LogP contribution in [0.2, 0.25) is 0 Å². The van der Waals surface area contributed by atoms with E-state index in [9.17, 15) is 9.90 Å². The molecular weight excluding hydrogens is 196 g/mol. The molecule has 0 rings (SSSR count). The highest BCUT2D eigenvalue weighted by Crippen LogP contribution is 2.25. The van der Waals surface area contributed by atoms with Crippen molar-refractivity contribution in [3.8, 4) is 0 Å². The summed E-state index contributed by atoms with van der Waals surface area (Å²) in [7, 11) is 2.87. The molecule has 15 heavy (non-hydrogen) atoms. The van der Waals surface area contributed by atoms with Gasteiger partial charge in [0.2, 0.25) is 0 Å². The van der Waals surface area contributed by atoms with Gasteiger partial charge in [-0.3, -0.25) is 4.79 Å². The minimum absolute atomic E-state index is 0.0167. The summed E-state index contributed by atoms with van der Waals surface area (Å²) >= 11 is 0. The molecule has 4 nitrogen and oxygen atoms in total. The lowest BCUT2D eigenvalue weighted by Crippen LogP contribution is -2.45. The maximum Gasteiger partial charge on any atom is 0.185 e. The van der Waals surface area contributed by atoms with E-state index in [0.717, 1.165) is 0 Å². The van der Waals surface area contributed by atoms with Crippen LogP contribution < -0.4 is 0 Å². The van der Waals surface area contributed by atoms with E-state index in [1.165, 1.54) is 21.1 Å². The monoisotopic (exact) mass is 218 g/mol. The molecule has 0 fully saturated rings. The van der Waals surface area contributed by atoms with E-state index in [-0.39, 0.29) is 12.2 Å². The van der Waals surface area contributed by atoms with Crippen LogP contribution in [0.25, 0.3) is 0 Å². The first-order valence-corrected chi connectivity index (χ1v) is 4.96. The summed E-state index contributed by atoms with van der Waals surface area (Å²) in [6.45, 7) is 6.99. The number of rotatable bonds is 5. The van der Waals surface area contributed by atoms with E-state index in [0.29, 0.717) is 0 Å². The predicted octanol–water partition coefficient (Wildman–Crippen LogP) is 1.36. The molecule has 1 unspecified atom stereocenters. The average molecular weight is 218 g/mol. The maximum absolute atomic E-state index is 11.7. The van der Waals surface area contributed by atoms with E-state index in [1.807, 2.05) is 20.8 Å². The molecule has 0 amide bonds. The lowest BCUT2D eigenvalue weighted by Gasteiger charge is -2.32. The third kappa shape index (κ3) is 4.28. The number of aliphatic hydroxyl groups is 1. The molecule has 0 aromatic rings. The minimum Gasteiger partial charge on any atom is -0.384 e. The lowest BCUT2D eigenvalue weighted by molar-refractivity contribution is -0.211. The van der Waals surface area contributed by atoms with Gasteiger partial charge in [-0.2, -0.15) is 0 Å². The Hall–Kier alpha value is -0.450. The SMILES string of the molecule is COC(OC)C(C)(O)CC(=O)C(C)(C)C. The fourth-order valence-corrected chi connectivity index (χ4v) is 1.28. The highest BCUT2D eigenvalue weighted by atomic mass is 16.7. The largest absolute Gasteiger partial charge is 0.384 e. The van der Waals surface area contributed by atoms with E-state index < -0.39 is 17.3 Å². The molecule has 1 atom stereocenters. The molecule has 0 saturated heterocycles. The van der Waals surface area contributed by atoms with Gasteiger partial charge < -0.3 is 14.6 Å². The number of carbonyl (C=O) groups is 1. The van der Waals surface area contributed by atoms with Crippen LogP contribution in [0.15, 0.2) is 0 Å². The van der Waals surface area contributed by atoms with Gasteiger partial charge in [0.15, 0.2) is 6.29 Å². The Bertz CT molecular complexity index is 211. The second-order valence-corrected chi connectivity index (χ2v) is 5.01. The van der Waals surface area contributed by atoms with Gasteiger partial charge >= 0.3 is 0 Å². The number of carbonyl (C=O) groups excluding carboxylic acids is 1. The molecule has 0 aliphatic carbocycles. The topological polar surface area (TPSA) is 55.8 Å². The van der Waals surface area contributed by atoms with Crippen molar-refractivity contribution in [3.63, 3.8) is 0 Å². The van der Waals surface area contributed by atoms with Crippen LogP contribution in [0.3, 0.4) is 0 Å². The standard InChI is InChI=1S/C11H22O4/c1-10(2,3)8(12)7-11(4,13)9(14-5)15-6/h9,13H,7H2,1-6H3. The van der Waals surface area contributed by atoms with Crippen molar-refractivity contribution in [2.45, 2.75) is 46.0 Å². The van der Waals surface area contributed by atoms with Crippen LogP contribution in [0.4, 0.5) is 0 Å². The second kappa shape index (κ2) is 5.05. The fourth-order valence-electron chi connectivity index (χ4n) is 1.28. The molecular formula is C11H22O4. The number of hydrogen-bond acceptors (Lipinski definition) is 4. The quantitative estimate of drug-likeness (QED) is 0.708. The summed E-state index contributed by atoms with van der Waals surface area (Å²) in [6, 6.07) is 0. The molecule has 0 heterocycles. The number of ketones is 1. The normalized spacial score (nSPS) is 16.5. The summed E-state index contributed by atoms with van der Waals surface area (Å²) in [5.41, 5.74) is -1.76. The van der Waals surface area contributed by atoms with Crippen molar-refractivity contribution in [2.24, 2.45) is 5.41 Å². The Balaban J connectivity index is 4.56. The number of hydrogen-bond donors (Lipinski definition) is 1. The van der Waals surface area contributed by atoms with Gasteiger partial charge in [0.1, 0.15) is 11.4 Å². The third-order valence-electron chi connectivity index (χ3n) is 2.29. The Kier molecular flexibility index (Phi) is 4.90. The first-order chi connectivity index (χ1) is 6.65. The maximum atomic E-state index is 11.7. The molecule has 0 aromatic carbocycles. The van der Waals surface area contributed by atoms with Crippen molar-refractivity contribution >= 4 is 5.78 Å². The minimum atomic E-state index is -1.30. The van der Waals surface area contributed by atoms with Gasteiger partial charge in [0.05, 0.1) is 0 Å². The third-order valence-corrected chi connectivity index (χ3v) is 2.29. The Morgan fingerprint density at radius 1 is 1.20 bits per heavy atom. The Morgan fingerprint density at radius 3 is 1.87 bits per heavy atom. The van der Waals surface area contributed by atoms with Gasteiger partial charge in [0, 0.05) is 26.1 Å². The van der Waals surface area contributed by atoms with Crippen LogP contribution in [0.1, 0.15) is 34.1 Å². The highest BCUT2D eigenvalue weighted by Gasteiger charge is 2.37. The zero-order valence-corrected chi connectivity index (χ0v) is 10.5. The average Bonchev–Trinajstić information content (AvgIpc) is 2.02. The molecule has 90 valence electrons. The van der Waals surface area contributed by atoms with Crippen molar-refractivity contribution < 1.29 is 19.4 Å². The van der Waals surface area contributed by atoms with Gasteiger partial charge in [-0.05, 0) is 6.92 Å². The fraction of sp³-hybridized carbons (Fsp3) is 0.909. The molecule has 0 aromatic heterocycles. The first-order valence-electron chi connectivity index (χ1n) is 4.96. The van der Waals surface area contributed by atoms with Crippen LogP contribution in [-0.2, 0) is 14.3 Å². The number of ether oxygens (including phenoxy) is 2. The number of Topliss-reactive ketones (excluding diaryl/α,β-unsaturated/α-hetero) is 1. The van der Waals surface area contributed by atoms with Crippen molar-refractivity contribution in [1.82, 2.24) is 0 Å². The van der Waals surface area contributed by atoms with Gasteiger partial charge in [-0.1, -0.05) is 20.8 Å². The summed E-state index contributed by atoms with van der Waals surface area (Å²) in [5, 5.41) is 10.0. The zero-order chi connectivity index (χ0) is 12.3. The predicted molar refractivity (Wildman–Crippen MR) is 57.5 cm³/mol. The number of methoxy groups -OCH3 is 2. The van der Waals surface area contributed by atoms with E-state index >= 15 is 0 Å². The summed E-state index contributed by atoms with van der Waals surface area (Å²) in [6.07, 6.45) is -0.771. The Labute approximate surface area is 91.6 Å². The van der Waals surface area contributed by atoms with Crippen LogP contribution in [0.5, 0.6) is 0 Å². The molecule has 0 aliphatic heterocycles. The smallest absolute Gasteiger partial charge is 0.185 e. The van der Waals surface area contributed by atoms with Crippen LogP contribution >= 0.6 is 0 Å². The summed E-state index contributed by atoms with van der Waals surface area (Å²) < 4.78 is 9.91. The highest BCUT2D eigenvalue weighted by molar-refractivity contribution is 5.84. The van der Waals surface area contributed by atoms with Crippen molar-refractivity contribution in [3.05, 3.63) is 0 Å². The molecule has 0 aliphatic rings. The van der Waals surface area contributed by atoms with Crippen LogP contribution in [-0.4, -0.2) is 37.0 Å². The molecule has 0 bridgehead atoms. The molecule has 0 saturated carbocycles. The van der Waals surface area contributed by atoms with E-state index in [1.54, 1.807) is 0 Å². The van der Waals surface area contributed by atoms with Crippen molar-refractivity contribution in [1.29, 1.82) is 0 Å². The summed E-state index contributed by atoms with van der Waals surface area (Å²) in [5.74, 6) is -0.0217. The Morgan fingerprint density at radius 2 is 1.60 bits per heavy atom. The molecule has 1 N–H and O–H groups in total. The van der Waals surface area contributed by atoms with Gasteiger partial charge in [0.25, 0.3) is 0 Å². The summed E-state index contributed by atoms with van der Waals surface area (Å²) in [4.78, 5) is 11.7. The van der Waals surface area contributed by atoms with Gasteiger partial charge in [-0.15, -0.1) is 0 Å². The van der Waals surface area contributed by atoms with E-state index in [4.69, 9.17) is 9.47 Å². The second-order valence-electron chi connectivity index (χ2n) is 5.01. The van der Waals surface area contributed by atoms with Gasteiger partial charge in [-0.25, -0.2) is 0 Å². The zero-order valence-electron chi connectivity index (χ0n) is 10.5. The first kappa shape index (κ1) is 14.6. The molecule has 0 spiro atoms. The van der Waals surface area contributed by atoms with Crippen LogP contribution in [0, 0.1) is 5.41 Å².